The van der Waals surface area contributed by atoms with E-state index in [2.05, 4.69) is 34.4 Å². The Hall–Kier alpha value is -1.65. The highest BCUT2D eigenvalue weighted by atomic mass is 16.3. The number of nitrogens with one attached hydrogen (secondary N) is 1. The Balaban J connectivity index is 1.55. The summed E-state index contributed by atoms with van der Waals surface area (Å²) in [5, 5.41) is 3.50. The van der Waals surface area contributed by atoms with Gasteiger partial charge in [-0.3, -0.25) is 9.88 Å². The molecule has 1 fully saturated rings. The van der Waals surface area contributed by atoms with Crippen molar-refractivity contribution < 1.29 is 4.42 Å². The first-order valence-electron chi connectivity index (χ1n) is 7.17. The van der Waals surface area contributed by atoms with Crippen LogP contribution in [0.2, 0.25) is 0 Å². The van der Waals surface area contributed by atoms with E-state index in [9.17, 15) is 0 Å². The van der Waals surface area contributed by atoms with E-state index < -0.39 is 0 Å². The molecule has 1 saturated carbocycles. The van der Waals surface area contributed by atoms with Crippen LogP contribution in [-0.2, 0) is 19.6 Å². The maximum absolute atomic E-state index is 5.59. The Morgan fingerprint density at radius 1 is 1.35 bits per heavy atom. The molecule has 4 heteroatoms. The van der Waals surface area contributed by atoms with Gasteiger partial charge in [-0.1, -0.05) is 6.07 Å². The molecule has 3 rings (SSSR count). The van der Waals surface area contributed by atoms with Crippen LogP contribution in [0.1, 0.15) is 29.7 Å². The minimum atomic E-state index is 0.709. The molecule has 0 amide bonds. The quantitative estimate of drug-likeness (QED) is 0.840. The van der Waals surface area contributed by atoms with Crippen molar-refractivity contribution in [1.82, 2.24) is 15.2 Å². The Labute approximate surface area is 119 Å². The molecule has 2 aromatic heterocycles. The minimum absolute atomic E-state index is 0.709. The lowest BCUT2D eigenvalue weighted by Crippen LogP contribution is -2.20. The van der Waals surface area contributed by atoms with Crippen LogP contribution in [0.5, 0.6) is 0 Å². The van der Waals surface area contributed by atoms with Gasteiger partial charge in [-0.15, -0.1) is 0 Å². The van der Waals surface area contributed by atoms with E-state index in [1.165, 1.54) is 24.0 Å². The summed E-state index contributed by atoms with van der Waals surface area (Å²) in [6.07, 6.45) is 8.12. The van der Waals surface area contributed by atoms with Crippen molar-refractivity contribution in [1.29, 1.82) is 0 Å². The van der Waals surface area contributed by atoms with Crippen molar-refractivity contribution in [3.8, 4) is 0 Å². The summed E-state index contributed by atoms with van der Waals surface area (Å²) >= 11 is 0. The van der Waals surface area contributed by atoms with Crippen LogP contribution in [0.25, 0.3) is 0 Å². The maximum Gasteiger partial charge on any atom is 0.122 e. The van der Waals surface area contributed by atoms with E-state index in [4.69, 9.17) is 4.42 Å². The zero-order chi connectivity index (χ0) is 13.8. The number of rotatable bonds is 7. The summed E-state index contributed by atoms with van der Waals surface area (Å²) < 4.78 is 5.59. The third-order valence-corrected chi connectivity index (χ3v) is 3.58. The van der Waals surface area contributed by atoms with Crippen LogP contribution >= 0.6 is 0 Å². The van der Waals surface area contributed by atoms with Crippen LogP contribution in [0, 0.1) is 0 Å². The monoisotopic (exact) mass is 271 g/mol. The SMILES string of the molecule is CN(Cc1cccnc1)Cc1ccoc1CNC1CC1. The topological polar surface area (TPSA) is 41.3 Å². The zero-order valence-corrected chi connectivity index (χ0v) is 11.9. The van der Waals surface area contributed by atoms with Gasteiger partial charge >= 0.3 is 0 Å². The van der Waals surface area contributed by atoms with Crippen LogP contribution in [0.4, 0.5) is 0 Å². The molecule has 0 aliphatic heterocycles. The van der Waals surface area contributed by atoms with Gasteiger partial charge in [-0.25, -0.2) is 0 Å². The van der Waals surface area contributed by atoms with Crippen LogP contribution in [-0.4, -0.2) is 23.0 Å². The van der Waals surface area contributed by atoms with Crippen LogP contribution < -0.4 is 5.32 Å². The highest BCUT2D eigenvalue weighted by molar-refractivity contribution is 5.17. The third-order valence-electron chi connectivity index (χ3n) is 3.58. The number of aromatic nitrogens is 1. The van der Waals surface area contributed by atoms with Gasteiger partial charge in [0.05, 0.1) is 12.8 Å². The number of furan rings is 1. The summed E-state index contributed by atoms with van der Waals surface area (Å²) in [5.74, 6) is 1.06. The number of nitrogens with zero attached hydrogens (tertiary/aromatic N) is 2. The molecule has 0 atom stereocenters. The summed E-state index contributed by atoms with van der Waals surface area (Å²) in [6.45, 7) is 2.63. The van der Waals surface area contributed by atoms with Gasteiger partial charge in [0.15, 0.2) is 0 Å². The molecule has 0 bridgehead atoms. The van der Waals surface area contributed by atoms with E-state index in [1.54, 1.807) is 12.5 Å². The van der Waals surface area contributed by atoms with Gasteiger partial charge in [0.1, 0.15) is 5.76 Å². The van der Waals surface area contributed by atoms with Gasteiger partial charge in [0.2, 0.25) is 0 Å². The van der Waals surface area contributed by atoms with Gasteiger partial charge < -0.3 is 9.73 Å². The normalized spacial score (nSPS) is 14.9. The molecule has 20 heavy (non-hydrogen) atoms. The Kier molecular flexibility index (Phi) is 4.14. The summed E-state index contributed by atoms with van der Waals surface area (Å²) in [6, 6.07) is 6.87. The molecule has 0 unspecified atom stereocenters. The first kappa shape index (κ1) is 13.3. The summed E-state index contributed by atoms with van der Waals surface area (Å²) in [4.78, 5) is 6.43. The maximum atomic E-state index is 5.59. The van der Waals surface area contributed by atoms with Crippen LogP contribution in [0.3, 0.4) is 0 Å². The fourth-order valence-corrected chi connectivity index (χ4v) is 2.34. The van der Waals surface area contributed by atoms with Gasteiger partial charge in [0, 0.05) is 37.1 Å². The highest BCUT2D eigenvalue weighted by Gasteiger charge is 2.21. The first-order valence-corrected chi connectivity index (χ1v) is 7.17. The van der Waals surface area contributed by atoms with Gasteiger partial charge in [0.25, 0.3) is 0 Å². The predicted octanol–water partition coefficient (Wildman–Crippen LogP) is 2.56. The van der Waals surface area contributed by atoms with Gasteiger partial charge in [-0.2, -0.15) is 0 Å². The first-order chi connectivity index (χ1) is 9.81. The van der Waals surface area contributed by atoms with E-state index in [0.717, 1.165) is 25.4 Å². The third kappa shape index (κ3) is 3.68. The van der Waals surface area contributed by atoms with E-state index >= 15 is 0 Å². The average Bonchev–Trinajstić information content (AvgIpc) is 3.18. The fourth-order valence-electron chi connectivity index (χ4n) is 2.34. The molecule has 0 saturated heterocycles. The lowest BCUT2D eigenvalue weighted by molar-refractivity contribution is 0.314. The Morgan fingerprint density at radius 2 is 2.25 bits per heavy atom. The molecule has 1 aliphatic carbocycles. The molecular weight excluding hydrogens is 250 g/mol. The second-order valence-electron chi connectivity index (χ2n) is 5.56. The number of hydrogen-bond donors (Lipinski definition) is 1. The number of pyridine rings is 1. The fraction of sp³-hybridized carbons (Fsp3) is 0.438. The van der Waals surface area contributed by atoms with Crippen molar-refractivity contribution in [3.05, 3.63) is 53.7 Å². The molecule has 0 radical (unpaired) electrons. The lowest BCUT2D eigenvalue weighted by Gasteiger charge is -2.16. The summed E-state index contributed by atoms with van der Waals surface area (Å²) in [5.41, 5.74) is 2.50. The van der Waals surface area contributed by atoms with Crippen molar-refractivity contribution in [3.63, 3.8) is 0 Å². The largest absolute Gasteiger partial charge is 0.468 e. The lowest BCUT2D eigenvalue weighted by atomic mass is 10.2. The highest BCUT2D eigenvalue weighted by Crippen LogP contribution is 2.21. The molecule has 1 N–H and O–H groups in total. The minimum Gasteiger partial charge on any atom is -0.468 e. The second kappa shape index (κ2) is 6.20. The summed E-state index contributed by atoms with van der Waals surface area (Å²) in [7, 11) is 2.12. The molecule has 0 aromatic carbocycles. The molecule has 106 valence electrons. The van der Waals surface area contributed by atoms with Crippen molar-refractivity contribution in [2.24, 2.45) is 0 Å². The molecule has 2 aromatic rings. The van der Waals surface area contributed by atoms with E-state index in [0.29, 0.717) is 6.04 Å². The number of hydrogen-bond acceptors (Lipinski definition) is 4. The molecule has 0 spiro atoms. The smallest absolute Gasteiger partial charge is 0.122 e. The standard InChI is InChI=1S/C16H21N3O/c1-19(11-13-3-2-7-17-9-13)12-14-6-8-20-16(14)10-18-15-4-5-15/h2-3,6-9,15,18H,4-5,10-12H2,1H3. The van der Waals surface area contributed by atoms with E-state index in [-0.39, 0.29) is 0 Å². The van der Waals surface area contributed by atoms with Crippen molar-refractivity contribution in [2.45, 2.75) is 38.5 Å². The van der Waals surface area contributed by atoms with Gasteiger partial charge in [-0.05, 0) is 37.6 Å². The zero-order valence-electron chi connectivity index (χ0n) is 11.9. The molecule has 4 nitrogen and oxygen atoms in total. The Morgan fingerprint density at radius 3 is 3.00 bits per heavy atom. The van der Waals surface area contributed by atoms with Crippen molar-refractivity contribution >= 4 is 0 Å². The second-order valence-corrected chi connectivity index (χ2v) is 5.56. The predicted molar refractivity (Wildman–Crippen MR) is 78.0 cm³/mol. The molecule has 1 aliphatic rings. The van der Waals surface area contributed by atoms with E-state index in [1.807, 2.05) is 12.3 Å². The van der Waals surface area contributed by atoms with Crippen LogP contribution in [0.15, 0.2) is 41.3 Å². The molecule has 2 heterocycles. The Bertz CT molecular complexity index is 534. The average molecular weight is 271 g/mol. The molecular formula is C16H21N3O. The van der Waals surface area contributed by atoms with Crippen molar-refractivity contribution in [2.75, 3.05) is 7.05 Å².